The van der Waals surface area contributed by atoms with E-state index in [9.17, 15) is 22.8 Å². The first-order valence-corrected chi connectivity index (χ1v) is 11.8. The highest BCUT2D eigenvalue weighted by atomic mass is 19.4. The minimum Gasteiger partial charge on any atom is -0.370 e. The molecule has 0 bridgehead atoms. The Hall–Kier alpha value is -3.70. The highest BCUT2D eigenvalue weighted by Gasteiger charge is 2.38. The summed E-state index contributed by atoms with van der Waals surface area (Å²) in [6, 6.07) is 5.18. The van der Waals surface area contributed by atoms with Crippen molar-refractivity contribution in [3.63, 3.8) is 0 Å². The number of carbonyl (C=O) groups is 2. The molecule has 1 aromatic heterocycles. The summed E-state index contributed by atoms with van der Waals surface area (Å²) in [7, 11) is 0. The second-order valence-corrected chi connectivity index (χ2v) is 9.05. The zero-order valence-electron chi connectivity index (χ0n) is 19.6. The minimum absolute atomic E-state index is 0.0521. The normalized spacial score (nSPS) is 17.6. The average molecular weight is 504 g/mol. The quantitative estimate of drug-likeness (QED) is 0.484. The van der Waals surface area contributed by atoms with Gasteiger partial charge in [-0.05, 0) is 55.4 Å². The zero-order chi connectivity index (χ0) is 25.9. The van der Waals surface area contributed by atoms with Crippen LogP contribution in [-0.4, -0.2) is 58.8 Å². The Morgan fingerprint density at radius 3 is 2.19 bits per heavy atom. The summed E-state index contributed by atoms with van der Waals surface area (Å²) in [4.78, 5) is 40.8. The number of benzene rings is 1. The van der Waals surface area contributed by atoms with Crippen molar-refractivity contribution in [1.82, 2.24) is 14.9 Å². The van der Waals surface area contributed by atoms with Crippen LogP contribution >= 0.6 is 0 Å². The average Bonchev–Trinajstić information content (AvgIpc) is 2.88. The summed E-state index contributed by atoms with van der Waals surface area (Å²) in [6.07, 6.45) is 0.903. The number of hydrogen-bond acceptors (Lipinski definition) is 5. The van der Waals surface area contributed by atoms with Gasteiger partial charge in [-0.1, -0.05) is 6.07 Å². The van der Waals surface area contributed by atoms with Gasteiger partial charge in [-0.25, -0.2) is 9.97 Å². The fourth-order valence-corrected chi connectivity index (χ4v) is 4.92. The van der Waals surface area contributed by atoms with Crippen molar-refractivity contribution in [3.8, 4) is 0 Å². The van der Waals surface area contributed by atoms with Crippen LogP contribution in [0.1, 0.15) is 53.1 Å². The van der Waals surface area contributed by atoms with Gasteiger partial charge in [0.05, 0.1) is 5.56 Å². The molecule has 0 saturated carbocycles. The van der Waals surface area contributed by atoms with Crippen LogP contribution < -0.4 is 16.4 Å². The molecule has 0 spiro atoms. The molecule has 0 unspecified atom stereocenters. The first kappa shape index (κ1) is 25.4. The lowest BCUT2D eigenvalue weighted by atomic mass is 9.84. The molecule has 2 fully saturated rings. The topological polar surface area (TPSA) is 131 Å². The fraction of sp³-hybridized carbons (Fsp3) is 0.458. The molecule has 12 heteroatoms. The van der Waals surface area contributed by atoms with Crippen LogP contribution in [-0.2, 0) is 11.0 Å². The number of guanidine groups is 1. The van der Waals surface area contributed by atoms with Crippen LogP contribution in [0.25, 0.3) is 0 Å². The summed E-state index contributed by atoms with van der Waals surface area (Å²) in [5.74, 6) is -1.25. The van der Waals surface area contributed by atoms with Gasteiger partial charge in [0.15, 0.2) is 5.96 Å². The number of aliphatic imine (C=N–C) groups is 1. The van der Waals surface area contributed by atoms with Crippen molar-refractivity contribution >= 4 is 23.7 Å². The summed E-state index contributed by atoms with van der Waals surface area (Å²) >= 11 is 0. The van der Waals surface area contributed by atoms with E-state index in [1.165, 1.54) is 12.1 Å². The second kappa shape index (κ2) is 10.5. The number of nitrogens with zero attached hydrogens (tertiary/aromatic N) is 5. The largest absolute Gasteiger partial charge is 0.416 e. The number of piperidine rings is 2. The molecule has 3 heterocycles. The van der Waals surface area contributed by atoms with Gasteiger partial charge in [-0.2, -0.15) is 18.2 Å². The predicted octanol–water partition coefficient (Wildman–Crippen LogP) is 2.53. The van der Waals surface area contributed by atoms with E-state index in [-0.39, 0.29) is 28.9 Å². The maximum Gasteiger partial charge on any atom is 0.416 e. The highest BCUT2D eigenvalue weighted by Crippen LogP contribution is 2.40. The molecule has 4 rings (SSSR count). The fourth-order valence-electron chi connectivity index (χ4n) is 4.92. The molecule has 2 aliphatic heterocycles. The third-order valence-electron chi connectivity index (χ3n) is 6.76. The number of aromatic nitrogens is 2. The van der Waals surface area contributed by atoms with E-state index in [1.807, 2.05) is 0 Å². The van der Waals surface area contributed by atoms with E-state index in [2.05, 4.69) is 19.9 Å². The lowest BCUT2D eigenvalue weighted by molar-refractivity contribution is -0.140. The minimum atomic E-state index is -4.65. The van der Waals surface area contributed by atoms with Crippen molar-refractivity contribution in [1.29, 1.82) is 0 Å². The molecule has 36 heavy (non-hydrogen) atoms. The molecule has 0 aliphatic carbocycles. The van der Waals surface area contributed by atoms with Gasteiger partial charge in [0.2, 0.25) is 11.9 Å². The smallest absolute Gasteiger partial charge is 0.370 e. The summed E-state index contributed by atoms with van der Waals surface area (Å²) in [5.41, 5.74) is 9.35. The molecule has 0 atom stereocenters. The van der Waals surface area contributed by atoms with Crippen LogP contribution in [0, 0.1) is 5.92 Å². The number of nitrogens with two attached hydrogens (primary N) is 2. The molecule has 9 nitrogen and oxygen atoms in total. The second-order valence-electron chi connectivity index (χ2n) is 9.05. The molecule has 2 amide bonds. The molecule has 2 aromatic rings. The third-order valence-corrected chi connectivity index (χ3v) is 6.76. The van der Waals surface area contributed by atoms with Gasteiger partial charge < -0.3 is 21.3 Å². The number of carbonyl (C=O) groups excluding carboxylic acids is 2. The van der Waals surface area contributed by atoms with Crippen LogP contribution in [0.2, 0.25) is 0 Å². The Morgan fingerprint density at radius 1 is 0.972 bits per heavy atom. The van der Waals surface area contributed by atoms with Gasteiger partial charge in [0.1, 0.15) is 0 Å². The first-order chi connectivity index (χ1) is 17.1. The van der Waals surface area contributed by atoms with Gasteiger partial charge in [-0.15, -0.1) is 0 Å². The van der Waals surface area contributed by atoms with Gasteiger partial charge in [-0.3, -0.25) is 9.59 Å². The van der Waals surface area contributed by atoms with E-state index >= 15 is 0 Å². The summed E-state index contributed by atoms with van der Waals surface area (Å²) in [6.45, 7) is 2.13. The number of rotatable bonds is 4. The van der Waals surface area contributed by atoms with Crippen LogP contribution in [0.5, 0.6) is 0 Å². The van der Waals surface area contributed by atoms with Gasteiger partial charge >= 0.3 is 6.18 Å². The number of likely N-dealkylation sites (tertiary alicyclic amines) is 1. The summed E-state index contributed by atoms with van der Waals surface area (Å²) < 4.78 is 41.5. The first-order valence-electron chi connectivity index (χ1n) is 11.8. The van der Waals surface area contributed by atoms with Crippen LogP contribution in [0.3, 0.4) is 0 Å². The predicted molar refractivity (Wildman–Crippen MR) is 127 cm³/mol. The Kier molecular flexibility index (Phi) is 7.41. The molecule has 2 saturated heterocycles. The SMILES string of the molecule is NC(N)=NC(=O)c1ccc(C2CCN(C(=O)C3CCN(c4ncccn4)CC3)CC2)c(C(F)(F)F)c1. The van der Waals surface area contributed by atoms with Gasteiger partial charge in [0.25, 0.3) is 5.91 Å². The number of hydrogen-bond donors (Lipinski definition) is 2. The van der Waals surface area contributed by atoms with E-state index < -0.39 is 23.6 Å². The molecule has 192 valence electrons. The van der Waals surface area contributed by atoms with Gasteiger partial charge in [0, 0.05) is 50.1 Å². The van der Waals surface area contributed by atoms with Crippen molar-refractivity contribution in [2.45, 2.75) is 37.8 Å². The van der Waals surface area contributed by atoms with E-state index in [1.54, 1.807) is 23.4 Å². The van der Waals surface area contributed by atoms with Crippen molar-refractivity contribution in [3.05, 3.63) is 53.3 Å². The maximum absolute atomic E-state index is 13.8. The van der Waals surface area contributed by atoms with Crippen molar-refractivity contribution < 1.29 is 22.8 Å². The van der Waals surface area contributed by atoms with E-state index in [0.717, 1.165) is 6.07 Å². The summed E-state index contributed by atoms with van der Waals surface area (Å²) in [5, 5.41) is 0. The Bertz CT molecular complexity index is 1120. The molecular formula is C24H28F3N7O2. The van der Waals surface area contributed by atoms with E-state index in [0.29, 0.717) is 57.8 Å². The third kappa shape index (κ3) is 5.74. The standard InChI is InChI=1S/C24H28F3N7O2/c25-24(26,27)19-14-17(20(35)32-22(28)29)2-3-18(19)15-4-10-33(11-5-15)21(36)16-6-12-34(13-7-16)23-30-8-1-9-31-23/h1-3,8-9,14-16H,4-7,10-13H2,(H4,28,29,32,35). The van der Waals surface area contributed by atoms with Crippen molar-refractivity contribution in [2.75, 3.05) is 31.1 Å². The molecule has 2 aliphatic rings. The van der Waals surface area contributed by atoms with Crippen LogP contribution in [0.4, 0.5) is 19.1 Å². The lowest BCUT2D eigenvalue weighted by Gasteiger charge is -2.37. The number of halogens is 3. The molecule has 1 aromatic carbocycles. The Morgan fingerprint density at radius 2 is 1.61 bits per heavy atom. The number of anilines is 1. The highest BCUT2D eigenvalue weighted by molar-refractivity contribution is 6.02. The van der Waals surface area contributed by atoms with Crippen LogP contribution in [0.15, 0.2) is 41.7 Å². The van der Waals surface area contributed by atoms with E-state index in [4.69, 9.17) is 11.5 Å². The number of alkyl halides is 3. The van der Waals surface area contributed by atoms with Crippen molar-refractivity contribution in [2.24, 2.45) is 22.4 Å². The molecule has 0 radical (unpaired) electrons. The monoisotopic (exact) mass is 503 g/mol. The zero-order valence-corrected chi connectivity index (χ0v) is 19.6. The maximum atomic E-state index is 13.8. The Balaban J connectivity index is 1.39. The molecular weight excluding hydrogens is 475 g/mol. The Labute approximate surface area is 206 Å². The lowest BCUT2D eigenvalue weighted by Crippen LogP contribution is -2.45. The molecule has 4 N–H and O–H groups in total. The number of amides is 2.